The van der Waals surface area contributed by atoms with Gasteiger partial charge in [0.15, 0.2) is 0 Å². The molecule has 0 saturated heterocycles. The van der Waals surface area contributed by atoms with Crippen molar-refractivity contribution >= 4 is 23.2 Å². The zero-order valence-corrected chi connectivity index (χ0v) is 11.8. The van der Waals surface area contributed by atoms with Gasteiger partial charge >= 0.3 is 0 Å². The Morgan fingerprint density at radius 3 is 2.53 bits per heavy atom. The maximum absolute atomic E-state index is 8.58. The summed E-state index contributed by atoms with van der Waals surface area (Å²) in [6.07, 6.45) is 2.21. The number of benzene rings is 1. The molecule has 0 unspecified atom stereocenters. The molecule has 5 heteroatoms. The lowest BCUT2D eigenvalue weighted by Crippen LogP contribution is -2.00. The molecule has 0 aliphatic heterocycles. The molecule has 1 heterocycles. The Balaban J connectivity index is 0.000000573. The van der Waals surface area contributed by atoms with E-state index in [1.54, 1.807) is 0 Å². The van der Waals surface area contributed by atoms with Crippen molar-refractivity contribution in [1.29, 1.82) is 5.41 Å². The van der Waals surface area contributed by atoms with Gasteiger partial charge < -0.3 is 15.5 Å². The summed E-state index contributed by atoms with van der Waals surface area (Å²) in [6, 6.07) is 5.81. The number of primary amides is 1. The first kappa shape index (κ1) is 16.7. The van der Waals surface area contributed by atoms with Crippen LogP contribution in [0, 0.1) is 12.3 Å². The van der Waals surface area contributed by atoms with E-state index < -0.39 is 0 Å². The highest BCUT2D eigenvalue weighted by molar-refractivity contribution is 5.96. The van der Waals surface area contributed by atoms with Crippen molar-refractivity contribution in [2.45, 2.75) is 20.8 Å². The summed E-state index contributed by atoms with van der Waals surface area (Å²) in [5.41, 5.74) is 7.25. The van der Waals surface area contributed by atoms with Crippen LogP contribution in [0.4, 0.5) is 0 Å². The molecule has 0 fully saturated rings. The fourth-order valence-corrected chi connectivity index (χ4v) is 1.52. The number of nitrogens with one attached hydrogen (secondary N) is 2. The van der Waals surface area contributed by atoms with E-state index in [2.05, 4.69) is 10.7 Å². The van der Waals surface area contributed by atoms with Crippen molar-refractivity contribution in [2.24, 2.45) is 5.73 Å². The topological polar surface area (TPSA) is 92.0 Å². The van der Waals surface area contributed by atoms with Crippen LogP contribution in [0.25, 0.3) is 10.9 Å². The summed E-state index contributed by atoms with van der Waals surface area (Å²) in [7, 11) is 1.51. The number of ether oxygens (including phenoxy) is 1. The molecule has 104 valence electrons. The average molecular weight is 263 g/mol. The first-order valence-corrected chi connectivity index (χ1v) is 6.00. The van der Waals surface area contributed by atoms with Crippen LogP contribution in [0.15, 0.2) is 24.4 Å². The van der Waals surface area contributed by atoms with E-state index in [9.17, 15) is 0 Å². The number of carbonyl (C=O) groups excluding carboxylic acids is 1. The second-order valence-electron chi connectivity index (χ2n) is 3.40. The normalized spacial score (nSPS) is 8.63. The number of carbonyl (C=O) groups is 1. The second-order valence-corrected chi connectivity index (χ2v) is 3.40. The van der Waals surface area contributed by atoms with Gasteiger partial charge in [0, 0.05) is 22.7 Å². The molecule has 5 nitrogen and oxygen atoms in total. The van der Waals surface area contributed by atoms with Crippen LogP contribution in [0.3, 0.4) is 0 Å². The minimum Gasteiger partial charge on any atom is -0.481 e. The Kier molecular flexibility index (Phi) is 7.68. The summed E-state index contributed by atoms with van der Waals surface area (Å²) in [4.78, 5) is 11.7. The molecule has 1 amide bonds. The van der Waals surface area contributed by atoms with Crippen molar-refractivity contribution in [1.82, 2.24) is 4.98 Å². The van der Waals surface area contributed by atoms with E-state index in [0.29, 0.717) is 0 Å². The first-order chi connectivity index (χ1) is 9.13. The maximum atomic E-state index is 8.58. The average Bonchev–Trinajstić information content (AvgIpc) is 2.82. The molecule has 0 spiro atoms. The highest BCUT2D eigenvalue weighted by Crippen LogP contribution is 2.19. The molecular formula is C14H21N3O2. The van der Waals surface area contributed by atoms with Crippen LogP contribution in [0.5, 0.6) is 0 Å². The number of aromatic amines is 1. The van der Waals surface area contributed by atoms with Crippen LogP contribution in [0.2, 0.25) is 0 Å². The standard InChI is InChI=1S/C11H12N2O.C2H6.CH3NO/c1-7-6-13-10-4-3-8(5-9(7)10)11(12)14-2;1-2;2-1-3/h3-6,12-13H,1-2H3;1-2H3;1H,(H2,2,3). The van der Waals surface area contributed by atoms with Crippen LogP contribution < -0.4 is 5.73 Å². The molecule has 2 rings (SSSR count). The molecule has 0 radical (unpaired) electrons. The Morgan fingerprint density at radius 1 is 1.42 bits per heavy atom. The third kappa shape index (κ3) is 4.46. The van der Waals surface area contributed by atoms with Crippen molar-refractivity contribution in [3.05, 3.63) is 35.5 Å². The number of hydrogen-bond donors (Lipinski definition) is 3. The number of nitrogens with two attached hydrogens (primary N) is 1. The van der Waals surface area contributed by atoms with E-state index in [4.69, 9.17) is 14.9 Å². The third-order valence-corrected chi connectivity index (χ3v) is 2.35. The summed E-state index contributed by atoms with van der Waals surface area (Å²) in [5.74, 6) is 0.201. The molecule has 4 N–H and O–H groups in total. The number of hydrogen-bond acceptors (Lipinski definition) is 3. The van der Waals surface area contributed by atoms with Crippen LogP contribution in [0.1, 0.15) is 25.0 Å². The van der Waals surface area contributed by atoms with Gasteiger partial charge in [-0.2, -0.15) is 0 Å². The molecular weight excluding hydrogens is 242 g/mol. The smallest absolute Gasteiger partial charge is 0.212 e. The largest absolute Gasteiger partial charge is 0.481 e. The third-order valence-electron chi connectivity index (χ3n) is 2.35. The van der Waals surface area contributed by atoms with Gasteiger partial charge in [-0.3, -0.25) is 10.2 Å². The predicted octanol–water partition coefficient (Wildman–Crippen LogP) is 2.58. The minimum atomic E-state index is 0.201. The van der Waals surface area contributed by atoms with Crippen LogP contribution in [-0.2, 0) is 9.53 Å². The van der Waals surface area contributed by atoms with Gasteiger partial charge in [-0.15, -0.1) is 0 Å². The number of fused-ring (bicyclic) bond motifs is 1. The molecule has 0 atom stereocenters. The molecule has 0 aliphatic rings. The zero-order valence-electron chi connectivity index (χ0n) is 11.8. The fraction of sp³-hybridized carbons (Fsp3) is 0.286. The van der Waals surface area contributed by atoms with E-state index >= 15 is 0 Å². The maximum Gasteiger partial charge on any atom is 0.212 e. The second kappa shape index (κ2) is 8.74. The Hall–Kier alpha value is -2.30. The number of aromatic nitrogens is 1. The van der Waals surface area contributed by atoms with Gasteiger partial charge in [-0.05, 0) is 30.7 Å². The van der Waals surface area contributed by atoms with Gasteiger partial charge in [0.1, 0.15) is 0 Å². The molecule has 0 saturated carbocycles. The Bertz CT molecular complexity index is 532. The molecule has 0 bridgehead atoms. The van der Waals surface area contributed by atoms with Gasteiger partial charge in [0.25, 0.3) is 0 Å². The van der Waals surface area contributed by atoms with Crippen molar-refractivity contribution in [3.63, 3.8) is 0 Å². The lowest BCUT2D eigenvalue weighted by molar-refractivity contribution is -0.106. The summed E-state index contributed by atoms with van der Waals surface area (Å²) in [5, 5.41) is 8.69. The number of rotatable bonds is 1. The highest BCUT2D eigenvalue weighted by atomic mass is 16.5. The monoisotopic (exact) mass is 263 g/mol. The molecule has 0 aliphatic carbocycles. The number of H-pyrrole nitrogens is 1. The van der Waals surface area contributed by atoms with E-state index in [-0.39, 0.29) is 12.3 Å². The van der Waals surface area contributed by atoms with E-state index in [0.717, 1.165) is 16.5 Å². The summed E-state index contributed by atoms with van der Waals surface area (Å²) >= 11 is 0. The Morgan fingerprint density at radius 2 is 2.00 bits per heavy atom. The fourth-order valence-electron chi connectivity index (χ4n) is 1.52. The summed E-state index contributed by atoms with van der Waals surface area (Å²) < 4.78 is 4.87. The van der Waals surface area contributed by atoms with Crippen LogP contribution >= 0.6 is 0 Å². The van der Waals surface area contributed by atoms with Gasteiger partial charge in [0.2, 0.25) is 12.3 Å². The molecule has 1 aromatic carbocycles. The number of aryl methyl sites for hydroxylation is 1. The lowest BCUT2D eigenvalue weighted by atomic mass is 10.1. The molecule has 1 aromatic heterocycles. The predicted molar refractivity (Wildman–Crippen MR) is 78.5 cm³/mol. The van der Waals surface area contributed by atoms with Gasteiger partial charge in [0.05, 0.1) is 7.11 Å². The highest BCUT2D eigenvalue weighted by Gasteiger charge is 2.04. The van der Waals surface area contributed by atoms with Crippen molar-refractivity contribution < 1.29 is 9.53 Å². The Labute approximate surface area is 113 Å². The van der Waals surface area contributed by atoms with Crippen molar-refractivity contribution in [2.75, 3.05) is 7.11 Å². The summed E-state index contributed by atoms with van der Waals surface area (Å²) in [6.45, 7) is 6.04. The van der Waals surface area contributed by atoms with E-state index in [1.807, 2.05) is 45.2 Å². The SMILES string of the molecule is CC.COC(=N)c1ccc2[nH]cc(C)c2c1.NC=O. The quantitative estimate of drug-likeness (QED) is 0.419. The zero-order chi connectivity index (χ0) is 14.8. The first-order valence-electron chi connectivity index (χ1n) is 6.00. The van der Waals surface area contributed by atoms with Gasteiger partial charge in [-0.25, -0.2) is 0 Å². The number of methoxy groups -OCH3 is 1. The molecule has 19 heavy (non-hydrogen) atoms. The van der Waals surface area contributed by atoms with Gasteiger partial charge in [-0.1, -0.05) is 13.8 Å². The van der Waals surface area contributed by atoms with E-state index in [1.165, 1.54) is 12.7 Å². The van der Waals surface area contributed by atoms with Crippen LogP contribution in [-0.4, -0.2) is 24.4 Å². The molecule has 2 aromatic rings. The van der Waals surface area contributed by atoms with Crippen molar-refractivity contribution in [3.8, 4) is 0 Å². The minimum absolute atomic E-state index is 0.201. The lowest BCUT2D eigenvalue weighted by Gasteiger charge is -2.02. The number of amides is 1.